The first-order valence-corrected chi connectivity index (χ1v) is 7.66. The van der Waals surface area contributed by atoms with Gasteiger partial charge < -0.3 is 15.4 Å². The van der Waals surface area contributed by atoms with Crippen molar-refractivity contribution < 1.29 is 14.3 Å². The minimum absolute atomic E-state index is 0.155. The lowest BCUT2D eigenvalue weighted by Crippen LogP contribution is -2.41. The summed E-state index contributed by atoms with van der Waals surface area (Å²) in [4.78, 5) is 24.0. The van der Waals surface area contributed by atoms with Crippen LogP contribution in [0, 0.1) is 13.8 Å². The molecule has 0 aliphatic rings. The van der Waals surface area contributed by atoms with Crippen molar-refractivity contribution in [1.82, 2.24) is 15.1 Å². The Labute approximate surface area is 141 Å². The molecule has 0 saturated heterocycles. The Morgan fingerprint density at radius 1 is 1.25 bits per heavy atom. The van der Waals surface area contributed by atoms with Gasteiger partial charge in [-0.15, -0.1) is 0 Å². The molecule has 0 radical (unpaired) electrons. The van der Waals surface area contributed by atoms with Gasteiger partial charge >= 0.3 is 6.09 Å². The van der Waals surface area contributed by atoms with Crippen LogP contribution in [0.15, 0.2) is 30.3 Å². The van der Waals surface area contributed by atoms with Gasteiger partial charge in [-0.1, -0.05) is 30.3 Å². The van der Waals surface area contributed by atoms with Crippen LogP contribution in [0.1, 0.15) is 23.9 Å². The van der Waals surface area contributed by atoms with Crippen molar-refractivity contribution in [1.29, 1.82) is 0 Å². The summed E-state index contributed by atoms with van der Waals surface area (Å²) >= 11 is 0. The lowest BCUT2D eigenvalue weighted by molar-refractivity contribution is -0.117. The summed E-state index contributed by atoms with van der Waals surface area (Å²) in [5.41, 5.74) is 3.11. The number of carbonyl (C=O) groups is 2. The standard InChI is InChI=1S/C17H22N4O3/c1-11-15(13(3)21(4)20-11)19-16(22)12(2)18-17(23)24-10-14-8-6-5-7-9-14/h5-9,12H,10H2,1-4H3,(H,18,23)(H,19,22). The third-order valence-electron chi connectivity index (χ3n) is 3.70. The van der Waals surface area contributed by atoms with Crippen LogP contribution >= 0.6 is 0 Å². The molecule has 1 atom stereocenters. The van der Waals surface area contributed by atoms with Gasteiger partial charge in [-0.05, 0) is 26.3 Å². The molecule has 1 unspecified atom stereocenters. The highest BCUT2D eigenvalue weighted by atomic mass is 16.5. The Kier molecular flexibility index (Phi) is 5.57. The SMILES string of the molecule is Cc1nn(C)c(C)c1NC(=O)C(C)NC(=O)OCc1ccccc1. The summed E-state index contributed by atoms with van der Waals surface area (Å²) in [5, 5.41) is 9.54. The topological polar surface area (TPSA) is 85.3 Å². The number of ether oxygens (including phenoxy) is 1. The largest absolute Gasteiger partial charge is 0.445 e. The van der Waals surface area contributed by atoms with Gasteiger partial charge in [0.1, 0.15) is 12.6 Å². The van der Waals surface area contributed by atoms with Crippen LogP contribution in [0.25, 0.3) is 0 Å². The number of aromatic nitrogens is 2. The van der Waals surface area contributed by atoms with E-state index in [0.717, 1.165) is 17.0 Å². The number of benzene rings is 1. The molecule has 1 heterocycles. The highest BCUT2D eigenvalue weighted by Gasteiger charge is 2.19. The van der Waals surface area contributed by atoms with Crippen molar-refractivity contribution in [2.24, 2.45) is 7.05 Å². The van der Waals surface area contributed by atoms with Crippen molar-refractivity contribution in [3.8, 4) is 0 Å². The van der Waals surface area contributed by atoms with E-state index in [1.54, 1.807) is 18.7 Å². The van der Waals surface area contributed by atoms with Crippen LogP contribution in [0.5, 0.6) is 0 Å². The van der Waals surface area contributed by atoms with Crippen LogP contribution in [0.4, 0.5) is 10.5 Å². The number of aryl methyl sites for hydroxylation is 2. The van der Waals surface area contributed by atoms with Gasteiger partial charge in [0.15, 0.2) is 0 Å². The van der Waals surface area contributed by atoms with E-state index in [1.165, 1.54) is 0 Å². The number of alkyl carbamates (subject to hydrolysis) is 1. The van der Waals surface area contributed by atoms with Crippen molar-refractivity contribution >= 4 is 17.7 Å². The van der Waals surface area contributed by atoms with Gasteiger partial charge in [-0.3, -0.25) is 9.48 Å². The average Bonchev–Trinajstić information content (AvgIpc) is 2.80. The molecular formula is C17H22N4O3. The van der Waals surface area contributed by atoms with Crippen LogP contribution in [-0.4, -0.2) is 27.8 Å². The summed E-state index contributed by atoms with van der Waals surface area (Å²) < 4.78 is 6.80. The van der Waals surface area contributed by atoms with Gasteiger partial charge in [0.05, 0.1) is 17.1 Å². The number of nitrogens with zero attached hydrogens (tertiary/aromatic N) is 2. The molecule has 7 heteroatoms. The van der Waals surface area contributed by atoms with Crippen molar-refractivity contribution in [3.05, 3.63) is 47.3 Å². The second-order valence-corrected chi connectivity index (χ2v) is 5.59. The molecule has 0 fully saturated rings. The fourth-order valence-corrected chi connectivity index (χ4v) is 2.19. The predicted molar refractivity (Wildman–Crippen MR) is 90.5 cm³/mol. The van der Waals surface area contributed by atoms with Gasteiger partial charge in [-0.25, -0.2) is 4.79 Å². The molecule has 0 bridgehead atoms. The number of rotatable bonds is 5. The first kappa shape index (κ1) is 17.5. The Morgan fingerprint density at radius 2 is 1.92 bits per heavy atom. The summed E-state index contributed by atoms with van der Waals surface area (Å²) in [7, 11) is 1.81. The number of amides is 2. The molecule has 7 nitrogen and oxygen atoms in total. The van der Waals surface area contributed by atoms with E-state index in [2.05, 4.69) is 15.7 Å². The van der Waals surface area contributed by atoms with E-state index in [1.807, 2.05) is 44.2 Å². The quantitative estimate of drug-likeness (QED) is 0.881. The maximum Gasteiger partial charge on any atom is 0.408 e. The summed E-state index contributed by atoms with van der Waals surface area (Å²) in [6.45, 7) is 5.43. The maximum atomic E-state index is 12.2. The van der Waals surface area contributed by atoms with Crippen molar-refractivity contribution in [2.45, 2.75) is 33.4 Å². The van der Waals surface area contributed by atoms with E-state index in [9.17, 15) is 9.59 Å². The fraction of sp³-hybridized carbons (Fsp3) is 0.353. The van der Waals surface area contributed by atoms with Crippen LogP contribution in [-0.2, 0) is 23.2 Å². The maximum absolute atomic E-state index is 12.2. The summed E-state index contributed by atoms with van der Waals surface area (Å²) in [6.07, 6.45) is -0.638. The number of carbonyl (C=O) groups excluding carboxylic acids is 2. The molecule has 0 saturated carbocycles. The molecule has 1 aromatic heterocycles. The fourth-order valence-electron chi connectivity index (χ4n) is 2.19. The summed E-state index contributed by atoms with van der Waals surface area (Å²) in [6, 6.07) is 8.61. The number of nitrogens with one attached hydrogen (secondary N) is 2. The zero-order valence-corrected chi connectivity index (χ0v) is 14.3. The molecule has 2 aromatic rings. The minimum Gasteiger partial charge on any atom is -0.445 e. The Morgan fingerprint density at radius 3 is 2.50 bits per heavy atom. The van der Waals surface area contributed by atoms with Crippen LogP contribution in [0.3, 0.4) is 0 Å². The van der Waals surface area contributed by atoms with Crippen molar-refractivity contribution in [2.75, 3.05) is 5.32 Å². The molecule has 2 N–H and O–H groups in total. The smallest absolute Gasteiger partial charge is 0.408 e. The Balaban J connectivity index is 1.85. The number of anilines is 1. The highest BCUT2D eigenvalue weighted by Crippen LogP contribution is 2.18. The average molecular weight is 330 g/mol. The van der Waals surface area contributed by atoms with E-state index in [4.69, 9.17) is 4.74 Å². The molecule has 128 valence electrons. The van der Waals surface area contributed by atoms with E-state index in [-0.39, 0.29) is 12.5 Å². The van der Waals surface area contributed by atoms with Crippen LogP contribution in [0.2, 0.25) is 0 Å². The second-order valence-electron chi connectivity index (χ2n) is 5.59. The molecule has 2 amide bonds. The minimum atomic E-state index is -0.729. The molecule has 24 heavy (non-hydrogen) atoms. The third kappa shape index (κ3) is 4.34. The zero-order chi connectivity index (χ0) is 17.7. The molecule has 0 spiro atoms. The first-order chi connectivity index (χ1) is 11.4. The first-order valence-electron chi connectivity index (χ1n) is 7.66. The number of hydrogen-bond donors (Lipinski definition) is 2. The Hall–Kier alpha value is -2.83. The third-order valence-corrected chi connectivity index (χ3v) is 3.70. The number of hydrogen-bond acceptors (Lipinski definition) is 4. The Bertz CT molecular complexity index is 725. The summed E-state index contributed by atoms with van der Waals surface area (Å²) in [5.74, 6) is -0.328. The molecule has 0 aliphatic carbocycles. The van der Waals surface area contributed by atoms with Gasteiger partial charge in [-0.2, -0.15) is 5.10 Å². The molecule has 2 rings (SSSR count). The van der Waals surface area contributed by atoms with Crippen LogP contribution < -0.4 is 10.6 Å². The van der Waals surface area contributed by atoms with Gasteiger partial charge in [0.25, 0.3) is 0 Å². The van der Waals surface area contributed by atoms with E-state index >= 15 is 0 Å². The lowest BCUT2D eigenvalue weighted by Gasteiger charge is -2.14. The zero-order valence-electron chi connectivity index (χ0n) is 14.3. The molecular weight excluding hydrogens is 308 g/mol. The van der Waals surface area contributed by atoms with E-state index < -0.39 is 12.1 Å². The normalized spacial score (nSPS) is 11.7. The molecule has 1 aromatic carbocycles. The van der Waals surface area contributed by atoms with Gasteiger partial charge in [0, 0.05) is 7.05 Å². The lowest BCUT2D eigenvalue weighted by atomic mass is 10.2. The predicted octanol–water partition coefficient (Wildman–Crippen LogP) is 2.29. The van der Waals surface area contributed by atoms with Crippen molar-refractivity contribution in [3.63, 3.8) is 0 Å². The van der Waals surface area contributed by atoms with Gasteiger partial charge in [0.2, 0.25) is 5.91 Å². The monoisotopic (exact) mass is 330 g/mol. The second kappa shape index (κ2) is 7.63. The highest BCUT2D eigenvalue weighted by molar-refractivity contribution is 5.97. The van der Waals surface area contributed by atoms with E-state index in [0.29, 0.717) is 5.69 Å². The molecule has 0 aliphatic heterocycles.